The van der Waals surface area contributed by atoms with E-state index in [2.05, 4.69) is 0 Å². The molecule has 106 valence electrons. The first-order valence-electron chi connectivity index (χ1n) is 5.88. The molecular weight excluding hydrogens is 316 g/mol. The summed E-state index contributed by atoms with van der Waals surface area (Å²) in [5.41, 5.74) is 1.68. The van der Waals surface area contributed by atoms with Gasteiger partial charge in [0.05, 0.1) is 5.75 Å². The van der Waals surface area contributed by atoms with Crippen LogP contribution < -0.4 is 0 Å². The van der Waals surface area contributed by atoms with Crippen molar-refractivity contribution in [1.82, 2.24) is 0 Å². The Labute approximate surface area is 128 Å². The summed E-state index contributed by atoms with van der Waals surface area (Å²) in [6.45, 7) is 1.85. The van der Waals surface area contributed by atoms with Gasteiger partial charge < -0.3 is 5.11 Å². The Morgan fingerprint density at radius 3 is 2.55 bits per heavy atom. The van der Waals surface area contributed by atoms with Crippen LogP contribution in [0.5, 0.6) is 0 Å². The van der Waals surface area contributed by atoms with Crippen LogP contribution in [0.2, 0.25) is 5.02 Å². The van der Waals surface area contributed by atoms with Crippen LogP contribution in [0.15, 0.2) is 30.3 Å². The van der Waals surface area contributed by atoms with Crippen molar-refractivity contribution in [3.8, 4) is 0 Å². The second-order valence-corrected chi connectivity index (χ2v) is 7.44. The highest BCUT2D eigenvalue weighted by atomic mass is 35.5. The maximum atomic E-state index is 12.2. The molecule has 0 bridgehead atoms. The van der Waals surface area contributed by atoms with Crippen molar-refractivity contribution < 1.29 is 14.1 Å². The minimum Gasteiger partial charge on any atom is -0.477 e. The maximum Gasteiger partial charge on any atom is 0.345 e. The molecule has 3 nitrogen and oxygen atoms in total. The number of rotatable bonds is 5. The summed E-state index contributed by atoms with van der Waals surface area (Å²) >= 11 is 7.25. The molecule has 1 heterocycles. The average Bonchev–Trinajstić information content (AvgIpc) is 2.74. The highest BCUT2D eigenvalue weighted by Crippen LogP contribution is 2.24. The van der Waals surface area contributed by atoms with Crippen molar-refractivity contribution in [3.05, 3.63) is 56.2 Å². The van der Waals surface area contributed by atoms with Crippen molar-refractivity contribution in [3.63, 3.8) is 0 Å². The van der Waals surface area contributed by atoms with Crippen LogP contribution in [0.3, 0.4) is 0 Å². The fraction of sp³-hybridized carbons (Fsp3) is 0.214. The van der Waals surface area contributed by atoms with Gasteiger partial charge in [0.2, 0.25) is 0 Å². The van der Waals surface area contributed by atoms with E-state index in [1.165, 1.54) is 11.3 Å². The van der Waals surface area contributed by atoms with Gasteiger partial charge >= 0.3 is 5.97 Å². The first-order valence-corrected chi connectivity index (χ1v) is 8.56. The molecule has 0 saturated heterocycles. The zero-order valence-corrected chi connectivity index (χ0v) is 13.1. The van der Waals surface area contributed by atoms with Gasteiger partial charge in [-0.15, -0.1) is 11.3 Å². The van der Waals surface area contributed by atoms with Gasteiger partial charge in [0.15, 0.2) is 0 Å². The van der Waals surface area contributed by atoms with Crippen LogP contribution >= 0.6 is 22.9 Å². The third kappa shape index (κ3) is 3.69. The van der Waals surface area contributed by atoms with Gasteiger partial charge in [-0.1, -0.05) is 29.8 Å². The molecule has 2 rings (SSSR count). The predicted octanol–water partition coefficient (Wildman–Crippen LogP) is 3.86. The third-order valence-electron chi connectivity index (χ3n) is 2.82. The summed E-state index contributed by atoms with van der Waals surface area (Å²) in [6.07, 6.45) is 0. The Bertz CT molecular complexity index is 664. The van der Waals surface area contributed by atoms with E-state index >= 15 is 0 Å². The lowest BCUT2D eigenvalue weighted by Crippen LogP contribution is -2.00. The zero-order chi connectivity index (χ0) is 14.7. The van der Waals surface area contributed by atoms with Crippen LogP contribution in [0.4, 0.5) is 0 Å². The van der Waals surface area contributed by atoms with E-state index in [9.17, 15) is 9.00 Å². The number of hydrogen-bond acceptors (Lipinski definition) is 3. The molecule has 0 aliphatic carbocycles. The van der Waals surface area contributed by atoms with E-state index in [1.807, 2.05) is 25.1 Å². The number of carbonyl (C=O) groups is 1. The topological polar surface area (TPSA) is 54.4 Å². The first-order chi connectivity index (χ1) is 9.47. The third-order valence-corrected chi connectivity index (χ3v) is 5.54. The molecule has 6 heteroatoms. The summed E-state index contributed by atoms with van der Waals surface area (Å²) in [5.74, 6) is -0.223. The van der Waals surface area contributed by atoms with Gasteiger partial charge in [-0.3, -0.25) is 4.21 Å². The lowest BCUT2D eigenvalue weighted by Gasteiger charge is -2.04. The van der Waals surface area contributed by atoms with Crippen molar-refractivity contribution in [2.24, 2.45) is 0 Å². The van der Waals surface area contributed by atoms with E-state index < -0.39 is 16.8 Å². The number of carboxylic acid groups (broad SMARTS) is 1. The van der Waals surface area contributed by atoms with E-state index in [0.717, 1.165) is 16.0 Å². The molecule has 0 spiro atoms. The first kappa shape index (κ1) is 15.2. The van der Waals surface area contributed by atoms with Crippen LogP contribution in [0.1, 0.15) is 25.7 Å². The van der Waals surface area contributed by atoms with Crippen molar-refractivity contribution in [2.45, 2.75) is 18.4 Å². The normalized spacial score (nSPS) is 12.3. The van der Waals surface area contributed by atoms with Gasteiger partial charge in [0, 0.05) is 26.5 Å². The number of thiophene rings is 1. The fourth-order valence-electron chi connectivity index (χ4n) is 1.78. The predicted molar refractivity (Wildman–Crippen MR) is 83.0 cm³/mol. The summed E-state index contributed by atoms with van der Waals surface area (Å²) in [4.78, 5) is 12.1. The highest BCUT2D eigenvalue weighted by molar-refractivity contribution is 7.83. The molecule has 20 heavy (non-hydrogen) atoms. The van der Waals surface area contributed by atoms with E-state index in [4.69, 9.17) is 16.7 Å². The molecule has 1 unspecified atom stereocenters. The molecule has 0 aliphatic rings. The second kappa shape index (κ2) is 6.52. The van der Waals surface area contributed by atoms with Crippen LogP contribution in [-0.4, -0.2) is 15.3 Å². The molecule has 1 N–H and O–H groups in total. The quantitative estimate of drug-likeness (QED) is 0.906. The summed E-state index contributed by atoms with van der Waals surface area (Å²) in [6, 6.07) is 8.91. The SMILES string of the molecule is Cc1sc(C(=O)O)cc1CS(=O)Cc1ccccc1Cl. The highest BCUT2D eigenvalue weighted by Gasteiger charge is 2.14. The van der Waals surface area contributed by atoms with Crippen molar-refractivity contribution in [1.29, 1.82) is 0 Å². The Hall–Kier alpha value is -1.17. The molecular formula is C14H13ClO3S2. The Kier molecular flexibility index (Phi) is 4.96. The minimum absolute atomic E-state index is 0.284. The lowest BCUT2D eigenvalue weighted by molar-refractivity contribution is 0.0702. The van der Waals surface area contributed by atoms with Crippen molar-refractivity contribution in [2.75, 3.05) is 0 Å². The van der Waals surface area contributed by atoms with Crippen LogP contribution in [0.25, 0.3) is 0 Å². The largest absolute Gasteiger partial charge is 0.477 e. The molecule has 0 radical (unpaired) electrons. The molecule has 1 atom stereocenters. The van der Waals surface area contributed by atoms with E-state index in [1.54, 1.807) is 12.1 Å². The molecule has 1 aromatic carbocycles. The Balaban J connectivity index is 2.09. The van der Waals surface area contributed by atoms with Crippen LogP contribution in [-0.2, 0) is 22.3 Å². The summed E-state index contributed by atoms with van der Waals surface area (Å²) in [5, 5.41) is 9.55. The Morgan fingerprint density at radius 1 is 1.30 bits per heavy atom. The second-order valence-electron chi connectivity index (χ2n) is 4.32. The zero-order valence-electron chi connectivity index (χ0n) is 10.8. The summed E-state index contributed by atoms with van der Waals surface area (Å²) in [7, 11) is -1.11. The lowest BCUT2D eigenvalue weighted by atomic mass is 10.2. The standard InChI is InChI=1S/C14H13ClO3S2/c1-9-11(6-13(19-9)14(16)17)8-20(18)7-10-4-2-3-5-12(10)15/h2-6H,7-8H2,1H3,(H,16,17). The van der Waals surface area contributed by atoms with E-state index in [0.29, 0.717) is 16.5 Å². The summed E-state index contributed by atoms with van der Waals surface area (Å²) < 4.78 is 12.2. The number of carboxylic acids is 1. The number of hydrogen-bond donors (Lipinski definition) is 1. The molecule has 1 aromatic heterocycles. The van der Waals surface area contributed by atoms with Crippen LogP contribution in [0, 0.1) is 6.92 Å². The van der Waals surface area contributed by atoms with Gasteiger partial charge in [0.25, 0.3) is 0 Å². The van der Waals surface area contributed by atoms with Gasteiger partial charge in [0.1, 0.15) is 4.88 Å². The minimum atomic E-state index is -1.11. The number of benzene rings is 1. The average molecular weight is 329 g/mol. The molecule has 2 aromatic rings. The number of aryl methyl sites for hydroxylation is 1. The molecule has 0 amide bonds. The number of aromatic carboxylic acids is 1. The van der Waals surface area contributed by atoms with E-state index in [-0.39, 0.29) is 4.88 Å². The van der Waals surface area contributed by atoms with Gasteiger partial charge in [-0.2, -0.15) is 0 Å². The molecule has 0 saturated carbocycles. The van der Waals surface area contributed by atoms with Gasteiger partial charge in [-0.05, 0) is 30.2 Å². The number of halogens is 1. The smallest absolute Gasteiger partial charge is 0.345 e. The molecule has 0 aliphatic heterocycles. The maximum absolute atomic E-state index is 12.2. The van der Waals surface area contributed by atoms with Gasteiger partial charge in [-0.25, -0.2) is 4.79 Å². The fourth-order valence-corrected chi connectivity index (χ4v) is 4.38. The monoisotopic (exact) mass is 328 g/mol. The molecule has 0 fully saturated rings. The Morgan fingerprint density at radius 2 is 1.95 bits per heavy atom. The van der Waals surface area contributed by atoms with Crippen molar-refractivity contribution >= 4 is 39.7 Å².